The van der Waals surface area contributed by atoms with E-state index in [0.29, 0.717) is 0 Å². The Morgan fingerprint density at radius 2 is 1.44 bits per heavy atom. The first-order valence-electron chi connectivity index (χ1n) is 5.33. The van der Waals surface area contributed by atoms with Crippen molar-refractivity contribution in [2.45, 2.75) is 20.8 Å². The minimum atomic E-state index is -0.213. The van der Waals surface area contributed by atoms with Gasteiger partial charge < -0.3 is 5.32 Å². The average Bonchev–Trinajstić information content (AvgIpc) is 2.35. The summed E-state index contributed by atoms with van der Waals surface area (Å²) in [6, 6.07) is 9.13. The zero-order valence-electron chi connectivity index (χ0n) is 10.5. The summed E-state index contributed by atoms with van der Waals surface area (Å²) in [5.41, 5.74) is 3.69. The van der Waals surface area contributed by atoms with Crippen molar-refractivity contribution in [3.05, 3.63) is 40.1 Å². The lowest BCUT2D eigenvalue weighted by atomic mass is 10.0. The smallest absolute Gasteiger partial charge is 0.163 e. The van der Waals surface area contributed by atoms with E-state index in [0.717, 1.165) is 22.4 Å². The molecule has 0 radical (unpaired) electrons. The van der Waals surface area contributed by atoms with Crippen LogP contribution in [0.4, 0.5) is 5.69 Å². The largest absolute Gasteiger partial charge is 0.345 e. The highest BCUT2D eigenvalue weighted by atomic mass is 14.9. The summed E-state index contributed by atoms with van der Waals surface area (Å²) in [4.78, 5) is 0. The Morgan fingerprint density at radius 3 is 1.94 bits per heavy atom. The fraction of sp³-hybridized carbons (Fsp3) is 0.214. The van der Waals surface area contributed by atoms with Gasteiger partial charge in [-0.3, -0.25) is 0 Å². The second-order valence-corrected chi connectivity index (χ2v) is 3.96. The molecule has 0 saturated carbocycles. The average molecular weight is 236 g/mol. The number of hydrogen-bond acceptors (Lipinski definition) is 4. The Hall–Kier alpha value is -2.77. The normalized spacial score (nSPS) is 8.67. The minimum absolute atomic E-state index is 0.0219. The first-order valence-corrected chi connectivity index (χ1v) is 5.33. The van der Waals surface area contributed by atoms with Crippen molar-refractivity contribution in [1.82, 2.24) is 0 Å². The van der Waals surface area contributed by atoms with Crippen LogP contribution in [-0.4, -0.2) is 0 Å². The number of allylic oxidation sites excluding steroid dienone is 2. The molecule has 0 spiro atoms. The molecule has 0 saturated heterocycles. The van der Waals surface area contributed by atoms with E-state index in [-0.39, 0.29) is 11.3 Å². The summed E-state index contributed by atoms with van der Waals surface area (Å²) in [5.74, 6) is 0. The Balaban J connectivity index is 3.26. The van der Waals surface area contributed by atoms with Crippen LogP contribution in [0.2, 0.25) is 0 Å². The summed E-state index contributed by atoms with van der Waals surface area (Å²) in [7, 11) is 0. The van der Waals surface area contributed by atoms with Crippen LogP contribution in [0.15, 0.2) is 23.4 Å². The van der Waals surface area contributed by atoms with E-state index in [1.807, 2.05) is 39.0 Å². The molecule has 0 aromatic heterocycles. The van der Waals surface area contributed by atoms with Crippen LogP contribution in [-0.2, 0) is 0 Å². The van der Waals surface area contributed by atoms with Crippen LogP contribution in [0.25, 0.3) is 0 Å². The Kier molecular flexibility index (Phi) is 4.08. The molecule has 0 unspecified atom stereocenters. The highest BCUT2D eigenvalue weighted by Gasteiger charge is 2.08. The van der Waals surface area contributed by atoms with Crippen molar-refractivity contribution in [1.29, 1.82) is 15.8 Å². The highest BCUT2D eigenvalue weighted by molar-refractivity contribution is 5.63. The van der Waals surface area contributed by atoms with Crippen LogP contribution in [0, 0.1) is 54.8 Å². The summed E-state index contributed by atoms with van der Waals surface area (Å²) in [6.45, 7) is 5.87. The zero-order valence-corrected chi connectivity index (χ0v) is 10.5. The van der Waals surface area contributed by atoms with Gasteiger partial charge in [0.25, 0.3) is 0 Å². The molecule has 1 rings (SSSR count). The highest BCUT2D eigenvalue weighted by Crippen LogP contribution is 2.22. The van der Waals surface area contributed by atoms with Gasteiger partial charge in [0.15, 0.2) is 5.57 Å². The summed E-state index contributed by atoms with van der Waals surface area (Å²) in [5, 5.41) is 29.3. The van der Waals surface area contributed by atoms with Gasteiger partial charge in [0.05, 0.1) is 0 Å². The van der Waals surface area contributed by atoms with Gasteiger partial charge in [-0.2, -0.15) is 15.8 Å². The van der Waals surface area contributed by atoms with E-state index in [4.69, 9.17) is 15.8 Å². The van der Waals surface area contributed by atoms with Crippen LogP contribution in [0.3, 0.4) is 0 Å². The Bertz CT molecular complexity index is 617. The minimum Gasteiger partial charge on any atom is -0.345 e. The van der Waals surface area contributed by atoms with Gasteiger partial charge in [0.2, 0.25) is 0 Å². The van der Waals surface area contributed by atoms with Gasteiger partial charge in [0.1, 0.15) is 23.9 Å². The van der Waals surface area contributed by atoms with Gasteiger partial charge >= 0.3 is 0 Å². The number of benzene rings is 1. The molecule has 4 nitrogen and oxygen atoms in total. The van der Waals surface area contributed by atoms with Crippen LogP contribution >= 0.6 is 0 Å². The Morgan fingerprint density at radius 1 is 0.889 bits per heavy atom. The maximum absolute atomic E-state index is 8.96. The fourth-order valence-electron chi connectivity index (χ4n) is 1.51. The van der Waals surface area contributed by atoms with Crippen LogP contribution in [0.1, 0.15) is 16.7 Å². The predicted molar refractivity (Wildman–Crippen MR) is 68.1 cm³/mol. The monoisotopic (exact) mass is 236 g/mol. The van der Waals surface area contributed by atoms with Gasteiger partial charge in [-0.25, -0.2) is 0 Å². The summed E-state index contributed by atoms with van der Waals surface area (Å²) < 4.78 is 0. The molecule has 0 aliphatic carbocycles. The number of hydrogen-bond donors (Lipinski definition) is 1. The number of rotatable bonds is 2. The van der Waals surface area contributed by atoms with E-state index >= 15 is 0 Å². The van der Waals surface area contributed by atoms with Crippen molar-refractivity contribution in [2.75, 3.05) is 5.32 Å². The van der Waals surface area contributed by atoms with Crippen molar-refractivity contribution < 1.29 is 0 Å². The molecule has 4 heteroatoms. The maximum atomic E-state index is 8.96. The summed E-state index contributed by atoms with van der Waals surface area (Å²) in [6.07, 6.45) is 0. The third-order valence-corrected chi connectivity index (χ3v) is 2.69. The van der Waals surface area contributed by atoms with Gasteiger partial charge in [0, 0.05) is 5.69 Å². The number of aryl methyl sites for hydroxylation is 3. The van der Waals surface area contributed by atoms with E-state index < -0.39 is 0 Å². The standard InChI is InChI=1S/C14H12N4/c1-9-4-11(3)13(5-10(9)2)18-14(8-17)12(6-15)7-16/h4-5,18H,1-3H3. The van der Waals surface area contributed by atoms with Crippen molar-refractivity contribution >= 4 is 5.69 Å². The fourth-order valence-corrected chi connectivity index (χ4v) is 1.51. The van der Waals surface area contributed by atoms with Crippen molar-refractivity contribution in [3.8, 4) is 18.2 Å². The molecule has 0 heterocycles. The quantitative estimate of drug-likeness (QED) is 0.800. The van der Waals surface area contributed by atoms with Gasteiger partial charge in [-0.1, -0.05) is 6.07 Å². The third kappa shape index (κ3) is 2.67. The molecule has 1 aromatic carbocycles. The molecular formula is C14H12N4. The van der Waals surface area contributed by atoms with E-state index in [1.54, 1.807) is 12.1 Å². The Labute approximate surface area is 106 Å². The predicted octanol–water partition coefficient (Wildman–Crippen LogP) is 2.85. The molecule has 0 fully saturated rings. The second-order valence-electron chi connectivity index (χ2n) is 3.96. The number of anilines is 1. The van der Waals surface area contributed by atoms with E-state index in [1.165, 1.54) is 0 Å². The molecule has 0 atom stereocenters. The molecular weight excluding hydrogens is 224 g/mol. The molecule has 88 valence electrons. The van der Waals surface area contributed by atoms with Crippen molar-refractivity contribution in [2.24, 2.45) is 0 Å². The van der Waals surface area contributed by atoms with E-state index in [9.17, 15) is 0 Å². The lowest BCUT2D eigenvalue weighted by Gasteiger charge is -2.11. The molecule has 0 aliphatic rings. The first kappa shape index (κ1) is 13.3. The number of nitriles is 3. The lowest BCUT2D eigenvalue weighted by Crippen LogP contribution is -2.03. The molecule has 18 heavy (non-hydrogen) atoms. The van der Waals surface area contributed by atoms with Crippen LogP contribution < -0.4 is 5.32 Å². The van der Waals surface area contributed by atoms with Crippen LogP contribution in [0.5, 0.6) is 0 Å². The lowest BCUT2D eigenvalue weighted by molar-refractivity contribution is 1.28. The van der Waals surface area contributed by atoms with Crippen molar-refractivity contribution in [3.63, 3.8) is 0 Å². The maximum Gasteiger partial charge on any atom is 0.163 e. The molecule has 1 aromatic rings. The summed E-state index contributed by atoms with van der Waals surface area (Å²) >= 11 is 0. The second kappa shape index (κ2) is 5.53. The molecule has 0 bridgehead atoms. The molecule has 0 amide bonds. The topological polar surface area (TPSA) is 83.4 Å². The molecule has 0 aliphatic heterocycles. The number of nitrogens with one attached hydrogen (secondary N) is 1. The SMILES string of the molecule is Cc1cc(C)c(NC(C#N)=C(C#N)C#N)cc1C. The van der Waals surface area contributed by atoms with Gasteiger partial charge in [-0.15, -0.1) is 0 Å². The molecule has 1 N–H and O–H groups in total. The zero-order chi connectivity index (χ0) is 13.7. The van der Waals surface area contributed by atoms with Gasteiger partial charge in [-0.05, 0) is 43.5 Å². The number of nitrogens with zero attached hydrogens (tertiary/aromatic N) is 3. The third-order valence-electron chi connectivity index (χ3n) is 2.69. The van der Waals surface area contributed by atoms with E-state index in [2.05, 4.69) is 5.32 Å². The first-order chi connectivity index (χ1) is 8.53.